The third kappa shape index (κ3) is 4.36. The van der Waals surface area contributed by atoms with Gasteiger partial charge in [0.25, 0.3) is 0 Å². The van der Waals surface area contributed by atoms with E-state index in [1.807, 2.05) is 0 Å². The number of rotatable bonds is 2. The van der Waals surface area contributed by atoms with E-state index >= 15 is 0 Å². The van der Waals surface area contributed by atoms with E-state index < -0.39 is 17.5 Å². The molecule has 1 unspecified atom stereocenters. The second-order valence-electron chi connectivity index (χ2n) is 4.05. The summed E-state index contributed by atoms with van der Waals surface area (Å²) in [6.45, 7) is 5.03. The zero-order valence-corrected chi connectivity index (χ0v) is 7.40. The van der Waals surface area contributed by atoms with Crippen molar-refractivity contribution in [2.75, 3.05) is 0 Å². The van der Waals surface area contributed by atoms with Crippen molar-refractivity contribution < 1.29 is 18.0 Å². The minimum atomic E-state index is -4.39. The van der Waals surface area contributed by atoms with Crippen LogP contribution in [0.15, 0.2) is 0 Å². The van der Waals surface area contributed by atoms with Gasteiger partial charge in [-0.25, -0.2) is 0 Å². The SMILES string of the molecule is CC(C)(C)CC(C=O)C(F)(F)F. The first-order valence-corrected chi connectivity index (χ1v) is 3.69. The van der Waals surface area contributed by atoms with Crippen LogP contribution in [0.5, 0.6) is 0 Å². The molecule has 0 aromatic rings. The molecule has 0 aromatic heterocycles. The van der Waals surface area contributed by atoms with Crippen molar-refractivity contribution in [2.45, 2.75) is 33.4 Å². The van der Waals surface area contributed by atoms with Gasteiger partial charge in [-0.3, -0.25) is 0 Å². The van der Waals surface area contributed by atoms with Crippen molar-refractivity contribution in [1.82, 2.24) is 0 Å². The maximum absolute atomic E-state index is 12.0. The highest BCUT2D eigenvalue weighted by Crippen LogP contribution is 2.34. The number of hydrogen-bond donors (Lipinski definition) is 0. The van der Waals surface area contributed by atoms with Crippen molar-refractivity contribution in [3.8, 4) is 0 Å². The Balaban J connectivity index is 4.30. The first kappa shape index (κ1) is 11.5. The molecule has 0 aromatic carbocycles. The first-order valence-electron chi connectivity index (χ1n) is 3.69. The second kappa shape index (κ2) is 3.46. The molecule has 1 nitrogen and oxygen atoms in total. The molecule has 4 heteroatoms. The van der Waals surface area contributed by atoms with Gasteiger partial charge in [-0.1, -0.05) is 20.8 Å². The zero-order valence-electron chi connectivity index (χ0n) is 7.40. The number of aldehydes is 1. The number of halogens is 3. The van der Waals surface area contributed by atoms with Crippen molar-refractivity contribution >= 4 is 6.29 Å². The van der Waals surface area contributed by atoms with Gasteiger partial charge in [0, 0.05) is 0 Å². The molecule has 0 rings (SSSR count). The van der Waals surface area contributed by atoms with E-state index in [0.717, 1.165) is 0 Å². The monoisotopic (exact) mass is 182 g/mol. The molecule has 0 bridgehead atoms. The molecule has 0 radical (unpaired) electrons. The summed E-state index contributed by atoms with van der Waals surface area (Å²) in [5, 5.41) is 0. The lowest BCUT2D eigenvalue weighted by atomic mass is 9.85. The molecule has 0 aliphatic rings. The van der Waals surface area contributed by atoms with E-state index in [1.165, 1.54) is 0 Å². The van der Waals surface area contributed by atoms with Crippen LogP contribution in [0.1, 0.15) is 27.2 Å². The minimum Gasteiger partial charge on any atom is -0.303 e. The molecule has 0 N–H and O–H groups in total. The Morgan fingerprint density at radius 2 is 1.67 bits per heavy atom. The predicted octanol–water partition coefficient (Wildman–Crippen LogP) is 2.80. The van der Waals surface area contributed by atoms with Crippen molar-refractivity contribution in [2.24, 2.45) is 11.3 Å². The van der Waals surface area contributed by atoms with Gasteiger partial charge >= 0.3 is 6.18 Å². The van der Waals surface area contributed by atoms with Crippen LogP contribution >= 0.6 is 0 Å². The maximum atomic E-state index is 12.0. The number of hydrogen-bond acceptors (Lipinski definition) is 1. The maximum Gasteiger partial charge on any atom is 0.398 e. The average molecular weight is 182 g/mol. The third-order valence-electron chi connectivity index (χ3n) is 1.42. The number of carbonyl (C=O) groups excluding carboxylic acids is 1. The Bertz CT molecular complexity index is 155. The van der Waals surface area contributed by atoms with Gasteiger partial charge in [-0.05, 0) is 11.8 Å². The smallest absolute Gasteiger partial charge is 0.303 e. The van der Waals surface area contributed by atoms with Gasteiger partial charge in [0.1, 0.15) is 12.2 Å². The van der Waals surface area contributed by atoms with E-state index in [0.29, 0.717) is 0 Å². The largest absolute Gasteiger partial charge is 0.398 e. The van der Waals surface area contributed by atoms with Gasteiger partial charge in [0.05, 0.1) is 0 Å². The highest BCUT2D eigenvalue weighted by molar-refractivity contribution is 5.54. The highest BCUT2D eigenvalue weighted by Gasteiger charge is 2.41. The molecule has 0 aliphatic heterocycles. The third-order valence-corrected chi connectivity index (χ3v) is 1.42. The standard InChI is InChI=1S/C8H13F3O/c1-7(2,3)4-6(5-12)8(9,10)11/h5-6H,4H2,1-3H3. The normalized spacial score (nSPS) is 15.8. The Morgan fingerprint density at radius 3 is 1.75 bits per heavy atom. The van der Waals surface area contributed by atoms with Crippen molar-refractivity contribution in [1.29, 1.82) is 0 Å². The summed E-state index contributed by atoms with van der Waals surface area (Å²) >= 11 is 0. The fourth-order valence-corrected chi connectivity index (χ4v) is 0.901. The molecular formula is C8H13F3O. The van der Waals surface area contributed by atoms with Crippen molar-refractivity contribution in [3.63, 3.8) is 0 Å². The molecule has 0 saturated heterocycles. The summed E-state index contributed by atoms with van der Waals surface area (Å²) in [7, 11) is 0. The fraction of sp³-hybridized carbons (Fsp3) is 0.875. The summed E-state index contributed by atoms with van der Waals surface area (Å²) in [4.78, 5) is 10.1. The van der Waals surface area contributed by atoms with Gasteiger partial charge in [-0.2, -0.15) is 13.2 Å². The van der Waals surface area contributed by atoms with Crippen molar-refractivity contribution in [3.05, 3.63) is 0 Å². The van der Waals surface area contributed by atoms with Crippen LogP contribution < -0.4 is 0 Å². The van der Waals surface area contributed by atoms with Crippen LogP contribution in [-0.4, -0.2) is 12.5 Å². The quantitative estimate of drug-likeness (QED) is 0.600. The van der Waals surface area contributed by atoms with E-state index in [4.69, 9.17) is 0 Å². The molecule has 72 valence electrons. The summed E-state index contributed by atoms with van der Waals surface area (Å²) in [5.74, 6) is -1.82. The Hall–Kier alpha value is -0.540. The molecule has 0 saturated carbocycles. The van der Waals surface area contributed by atoms with Crippen LogP contribution in [0.4, 0.5) is 13.2 Å². The molecule has 0 heterocycles. The minimum absolute atomic E-state index is 0.0226. The second-order valence-corrected chi connectivity index (χ2v) is 4.05. The van der Waals surface area contributed by atoms with Gasteiger partial charge in [0.15, 0.2) is 0 Å². The molecule has 0 aliphatic carbocycles. The molecule has 0 spiro atoms. The molecule has 0 fully saturated rings. The Labute approximate surface area is 70.0 Å². The Kier molecular flexibility index (Phi) is 3.30. The van der Waals surface area contributed by atoms with Crippen LogP contribution in [0.25, 0.3) is 0 Å². The summed E-state index contributed by atoms with van der Waals surface area (Å²) in [6.07, 6.45) is -4.57. The van der Waals surface area contributed by atoms with Crippen LogP contribution in [0.3, 0.4) is 0 Å². The zero-order chi connectivity index (χ0) is 9.99. The van der Waals surface area contributed by atoms with Crippen LogP contribution in [0, 0.1) is 11.3 Å². The lowest BCUT2D eigenvalue weighted by Gasteiger charge is -2.23. The summed E-state index contributed by atoms with van der Waals surface area (Å²) < 4.78 is 36.1. The molecule has 1 atom stereocenters. The lowest BCUT2D eigenvalue weighted by Crippen LogP contribution is -2.28. The fourth-order valence-electron chi connectivity index (χ4n) is 0.901. The Morgan fingerprint density at radius 1 is 1.25 bits per heavy atom. The number of alkyl halides is 3. The van der Waals surface area contributed by atoms with Gasteiger partial charge in [-0.15, -0.1) is 0 Å². The summed E-state index contributed by atoms with van der Waals surface area (Å²) in [6, 6.07) is 0. The molecular weight excluding hydrogens is 169 g/mol. The van der Waals surface area contributed by atoms with E-state index in [2.05, 4.69) is 0 Å². The predicted molar refractivity (Wildman–Crippen MR) is 39.7 cm³/mol. The van der Waals surface area contributed by atoms with E-state index in [-0.39, 0.29) is 12.7 Å². The first-order chi connectivity index (χ1) is 5.17. The summed E-state index contributed by atoms with van der Waals surface area (Å²) in [5.41, 5.74) is -0.471. The molecule has 0 amide bonds. The number of carbonyl (C=O) groups is 1. The van der Waals surface area contributed by atoms with Gasteiger partial charge < -0.3 is 4.79 Å². The van der Waals surface area contributed by atoms with E-state index in [1.54, 1.807) is 20.8 Å². The topological polar surface area (TPSA) is 17.1 Å². The van der Waals surface area contributed by atoms with Crippen LogP contribution in [-0.2, 0) is 4.79 Å². The average Bonchev–Trinajstić information content (AvgIpc) is 1.78. The highest BCUT2D eigenvalue weighted by atomic mass is 19.4. The lowest BCUT2D eigenvalue weighted by molar-refractivity contribution is -0.179. The molecule has 12 heavy (non-hydrogen) atoms. The van der Waals surface area contributed by atoms with E-state index in [9.17, 15) is 18.0 Å². The van der Waals surface area contributed by atoms with Crippen LogP contribution in [0.2, 0.25) is 0 Å². The van der Waals surface area contributed by atoms with Gasteiger partial charge in [0.2, 0.25) is 0 Å².